The van der Waals surface area contributed by atoms with E-state index >= 15 is 0 Å². The summed E-state index contributed by atoms with van der Waals surface area (Å²) in [7, 11) is 0. The monoisotopic (exact) mass is 364 g/mol. The van der Waals surface area contributed by atoms with Crippen molar-refractivity contribution in [3.8, 4) is 0 Å². The average molecular weight is 364 g/mol. The second-order valence-corrected chi connectivity index (χ2v) is 6.43. The molecule has 0 saturated heterocycles. The number of carbonyl (C=O) groups excluding carboxylic acids is 1. The van der Waals surface area contributed by atoms with E-state index in [9.17, 15) is 9.18 Å². The highest BCUT2D eigenvalue weighted by Crippen LogP contribution is 2.16. The molecule has 1 N–H and O–H groups in total. The van der Waals surface area contributed by atoms with Crippen molar-refractivity contribution < 1.29 is 9.18 Å². The van der Waals surface area contributed by atoms with E-state index in [-0.39, 0.29) is 23.5 Å². The molecule has 138 valence electrons. The van der Waals surface area contributed by atoms with Crippen LogP contribution in [0.2, 0.25) is 0 Å². The summed E-state index contributed by atoms with van der Waals surface area (Å²) in [6.07, 6.45) is 2.95. The molecule has 0 fully saturated rings. The first kappa shape index (κ1) is 18.5. The Labute approximate surface area is 157 Å². The van der Waals surface area contributed by atoms with Crippen molar-refractivity contribution in [1.82, 2.24) is 14.9 Å². The van der Waals surface area contributed by atoms with Crippen LogP contribution in [0.3, 0.4) is 0 Å². The largest absolute Gasteiger partial charge is 0.339 e. The molecule has 27 heavy (non-hydrogen) atoms. The highest BCUT2D eigenvalue weighted by Gasteiger charge is 2.20. The minimum absolute atomic E-state index is 0.0246. The standard InChI is InChI=1S/C21H21FN4O/c1-15(2)26(14-16-6-4-3-5-7-16)21(27)19-12-24-20(13-23-19)25-18-10-8-17(22)9-11-18/h3-13,15H,14H2,1-2H3,(H,24,25). The van der Waals surface area contributed by atoms with Gasteiger partial charge in [0.2, 0.25) is 0 Å². The van der Waals surface area contributed by atoms with Gasteiger partial charge >= 0.3 is 0 Å². The van der Waals surface area contributed by atoms with Crippen molar-refractivity contribution in [2.75, 3.05) is 5.32 Å². The maximum atomic E-state index is 13.0. The predicted octanol–water partition coefficient (Wildman–Crippen LogP) is 4.41. The van der Waals surface area contributed by atoms with Gasteiger partial charge in [-0.1, -0.05) is 30.3 Å². The highest BCUT2D eigenvalue weighted by atomic mass is 19.1. The summed E-state index contributed by atoms with van der Waals surface area (Å²) < 4.78 is 13.0. The topological polar surface area (TPSA) is 58.1 Å². The van der Waals surface area contributed by atoms with Gasteiger partial charge in [-0.2, -0.15) is 0 Å². The molecule has 0 unspecified atom stereocenters. The summed E-state index contributed by atoms with van der Waals surface area (Å²) in [4.78, 5) is 23.1. The Morgan fingerprint density at radius 1 is 1.04 bits per heavy atom. The molecular formula is C21H21FN4O. The SMILES string of the molecule is CC(C)N(Cc1ccccc1)C(=O)c1cnc(Nc2ccc(F)cc2)cn1. The molecule has 1 aromatic heterocycles. The number of carbonyl (C=O) groups is 1. The molecule has 1 heterocycles. The fourth-order valence-electron chi connectivity index (χ4n) is 2.60. The minimum Gasteiger partial charge on any atom is -0.339 e. The summed E-state index contributed by atoms with van der Waals surface area (Å²) in [6, 6.07) is 15.8. The van der Waals surface area contributed by atoms with Crippen LogP contribution in [-0.4, -0.2) is 26.8 Å². The van der Waals surface area contributed by atoms with Crippen LogP contribution in [0.1, 0.15) is 29.9 Å². The lowest BCUT2D eigenvalue weighted by atomic mass is 10.2. The van der Waals surface area contributed by atoms with Gasteiger partial charge in [-0.05, 0) is 43.7 Å². The number of anilines is 2. The summed E-state index contributed by atoms with van der Waals surface area (Å²) in [6.45, 7) is 4.45. The Bertz CT molecular complexity index is 880. The lowest BCUT2D eigenvalue weighted by Gasteiger charge is -2.26. The van der Waals surface area contributed by atoms with Crippen LogP contribution < -0.4 is 5.32 Å². The molecule has 0 atom stereocenters. The van der Waals surface area contributed by atoms with E-state index in [1.54, 1.807) is 17.0 Å². The number of nitrogens with one attached hydrogen (secondary N) is 1. The lowest BCUT2D eigenvalue weighted by molar-refractivity contribution is 0.0684. The zero-order valence-electron chi connectivity index (χ0n) is 15.3. The molecule has 0 spiro atoms. The molecule has 5 nitrogen and oxygen atoms in total. The first-order valence-electron chi connectivity index (χ1n) is 8.72. The lowest BCUT2D eigenvalue weighted by Crippen LogP contribution is -2.36. The summed E-state index contributed by atoms with van der Waals surface area (Å²) in [5.74, 6) is 0.00627. The van der Waals surface area contributed by atoms with E-state index in [2.05, 4.69) is 15.3 Å². The molecule has 0 radical (unpaired) electrons. The molecule has 3 rings (SSSR count). The van der Waals surface area contributed by atoms with Gasteiger partial charge in [-0.3, -0.25) is 4.79 Å². The number of halogens is 1. The van der Waals surface area contributed by atoms with E-state index in [0.29, 0.717) is 18.1 Å². The van der Waals surface area contributed by atoms with Crippen molar-refractivity contribution in [3.05, 3.63) is 84.1 Å². The second-order valence-electron chi connectivity index (χ2n) is 6.43. The molecule has 1 amide bonds. The van der Waals surface area contributed by atoms with Gasteiger partial charge in [0.1, 0.15) is 17.3 Å². The Kier molecular flexibility index (Phi) is 5.76. The number of hydrogen-bond donors (Lipinski definition) is 1. The average Bonchev–Trinajstić information content (AvgIpc) is 2.68. The summed E-state index contributed by atoms with van der Waals surface area (Å²) in [5, 5.41) is 3.02. The number of benzene rings is 2. The molecule has 2 aromatic carbocycles. The van der Waals surface area contributed by atoms with Crippen LogP contribution in [-0.2, 0) is 6.54 Å². The quantitative estimate of drug-likeness (QED) is 0.704. The normalized spacial score (nSPS) is 10.7. The van der Waals surface area contributed by atoms with Gasteiger partial charge in [0.05, 0.1) is 12.4 Å². The Hall–Kier alpha value is -3.28. The van der Waals surface area contributed by atoms with Crippen LogP contribution in [0.4, 0.5) is 15.9 Å². The van der Waals surface area contributed by atoms with E-state index in [4.69, 9.17) is 0 Å². The fraction of sp³-hybridized carbons (Fsp3) is 0.190. The molecule has 0 saturated carbocycles. The van der Waals surface area contributed by atoms with Gasteiger partial charge in [0.15, 0.2) is 0 Å². The van der Waals surface area contributed by atoms with Crippen molar-refractivity contribution in [1.29, 1.82) is 0 Å². The van der Waals surface area contributed by atoms with Crippen molar-refractivity contribution >= 4 is 17.4 Å². The molecular weight excluding hydrogens is 343 g/mol. The van der Waals surface area contributed by atoms with E-state index in [1.807, 2.05) is 44.2 Å². The zero-order valence-corrected chi connectivity index (χ0v) is 15.3. The Balaban J connectivity index is 1.72. The van der Waals surface area contributed by atoms with Gasteiger partial charge in [0, 0.05) is 18.3 Å². The third-order valence-electron chi connectivity index (χ3n) is 4.07. The first-order chi connectivity index (χ1) is 13.0. The number of rotatable bonds is 6. The molecule has 3 aromatic rings. The predicted molar refractivity (Wildman–Crippen MR) is 103 cm³/mol. The summed E-state index contributed by atoms with van der Waals surface area (Å²) in [5.41, 5.74) is 2.03. The maximum absolute atomic E-state index is 13.0. The molecule has 6 heteroatoms. The third kappa shape index (κ3) is 4.88. The zero-order chi connectivity index (χ0) is 19.2. The van der Waals surface area contributed by atoms with E-state index in [0.717, 1.165) is 5.56 Å². The van der Waals surface area contributed by atoms with Crippen molar-refractivity contribution in [3.63, 3.8) is 0 Å². The van der Waals surface area contributed by atoms with Crippen LogP contribution in [0.25, 0.3) is 0 Å². The van der Waals surface area contributed by atoms with E-state index < -0.39 is 0 Å². The molecule has 0 aliphatic heterocycles. The molecule has 0 aliphatic rings. The minimum atomic E-state index is -0.306. The highest BCUT2D eigenvalue weighted by molar-refractivity contribution is 5.92. The van der Waals surface area contributed by atoms with Crippen LogP contribution in [0.5, 0.6) is 0 Å². The van der Waals surface area contributed by atoms with Gasteiger partial charge < -0.3 is 10.2 Å². The van der Waals surface area contributed by atoms with Crippen LogP contribution in [0, 0.1) is 5.82 Å². The van der Waals surface area contributed by atoms with Gasteiger partial charge in [-0.15, -0.1) is 0 Å². The van der Waals surface area contributed by atoms with Crippen molar-refractivity contribution in [2.45, 2.75) is 26.4 Å². The number of hydrogen-bond acceptors (Lipinski definition) is 4. The van der Waals surface area contributed by atoms with E-state index in [1.165, 1.54) is 24.5 Å². The van der Waals surface area contributed by atoms with Crippen LogP contribution >= 0.6 is 0 Å². The van der Waals surface area contributed by atoms with Gasteiger partial charge in [-0.25, -0.2) is 14.4 Å². The Morgan fingerprint density at radius 2 is 1.74 bits per heavy atom. The fourth-order valence-corrected chi connectivity index (χ4v) is 2.60. The maximum Gasteiger partial charge on any atom is 0.274 e. The molecule has 0 bridgehead atoms. The van der Waals surface area contributed by atoms with Gasteiger partial charge in [0.25, 0.3) is 5.91 Å². The number of nitrogens with zero attached hydrogens (tertiary/aromatic N) is 3. The third-order valence-corrected chi connectivity index (χ3v) is 4.07. The molecule has 0 aliphatic carbocycles. The summed E-state index contributed by atoms with van der Waals surface area (Å²) >= 11 is 0. The van der Waals surface area contributed by atoms with Crippen molar-refractivity contribution in [2.24, 2.45) is 0 Å². The van der Waals surface area contributed by atoms with Crippen LogP contribution in [0.15, 0.2) is 67.0 Å². The smallest absolute Gasteiger partial charge is 0.274 e. The number of aromatic nitrogens is 2. The Morgan fingerprint density at radius 3 is 2.33 bits per heavy atom. The number of amides is 1. The first-order valence-corrected chi connectivity index (χ1v) is 8.72. The second kappa shape index (κ2) is 8.40.